The van der Waals surface area contributed by atoms with Crippen LogP contribution in [-0.4, -0.2) is 44.4 Å². The molecule has 1 atom stereocenters. The molecule has 0 radical (unpaired) electrons. The lowest BCUT2D eigenvalue weighted by Gasteiger charge is -2.26. The van der Waals surface area contributed by atoms with E-state index >= 15 is 0 Å². The summed E-state index contributed by atoms with van der Waals surface area (Å²) in [4.78, 5) is 24.8. The van der Waals surface area contributed by atoms with Crippen LogP contribution >= 0.6 is 11.8 Å². The lowest BCUT2D eigenvalue weighted by Crippen LogP contribution is -2.32. The summed E-state index contributed by atoms with van der Waals surface area (Å²) < 4.78 is 7.14. The number of hydrogen-bond acceptors (Lipinski definition) is 7. The topological polar surface area (TPSA) is 111 Å². The lowest BCUT2D eigenvalue weighted by molar-refractivity contribution is -0.113. The summed E-state index contributed by atoms with van der Waals surface area (Å²) >= 11 is 1.24. The zero-order valence-corrected chi connectivity index (χ0v) is 17.1. The number of nitrogens with zero attached hydrogens (tertiary/aromatic N) is 4. The zero-order chi connectivity index (χ0) is 20.9. The molecular formula is C20H20N6O3S. The number of rotatable bonds is 6. The smallest absolute Gasteiger partial charge is 0.251 e. The normalized spacial score (nSPS) is 15.0. The van der Waals surface area contributed by atoms with E-state index < -0.39 is 0 Å². The Hall–Kier alpha value is -3.40. The minimum absolute atomic E-state index is 0.0889. The molecule has 0 saturated carbocycles. The van der Waals surface area contributed by atoms with Crippen molar-refractivity contribution in [3.8, 4) is 5.75 Å². The average Bonchev–Trinajstić information content (AvgIpc) is 3.18. The molecule has 0 saturated heterocycles. The Morgan fingerprint density at radius 2 is 2.00 bits per heavy atom. The summed E-state index contributed by atoms with van der Waals surface area (Å²) in [7, 11) is 1.71. The van der Waals surface area contributed by atoms with Gasteiger partial charge in [-0.25, -0.2) is 4.68 Å². The van der Waals surface area contributed by atoms with Gasteiger partial charge in [0.2, 0.25) is 11.1 Å². The van der Waals surface area contributed by atoms with Gasteiger partial charge in [-0.1, -0.05) is 30.0 Å². The van der Waals surface area contributed by atoms with Crippen LogP contribution in [0.3, 0.4) is 0 Å². The fraction of sp³-hybridized carbons (Fsp3) is 0.250. The minimum atomic E-state index is -0.181. The number of thioether (sulfide) groups is 1. The predicted octanol–water partition coefficient (Wildman–Crippen LogP) is 2.19. The highest BCUT2D eigenvalue weighted by atomic mass is 32.2. The molecule has 2 heterocycles. The van der Waals surface area contributed by atoms with Gasteiger partial charge in [-0.3, -0.25) is 9.59 Å². The maximum absolute atomic E-state index is 12.7. The van der Waals surface area contributed by atoms with Crippen LogP contribution in [0.1, 0.15) is 28.4 Å². The Labute approximate surface area is 177 Å². The van der Waals surface area contributed by atoms with E-state index in [0.29, 0.717) is 23.0 Å². The Bertz CT molecular complexity index is 1050. The third kappa shape index (κ3) is 4.60. The Balaban J connectivity index is 1.32. The maximum atomic E-state index is 12.7. The molecule has 2 amide bonds. The van der Waals surface area contributed by atoms with Crippen molar-refractivity contribution in [1.29, 1.82) is 0 Å². The molecule has 0 spiro atoms. The van der Waals surface area contributed by atoms with Gasteiger partial charge >= 0.3 is 0 Å². The SMILES string of the molecule is Cn1nnnc1SCC(=O)Nc1ccc(C(=O)N[C@H]2CCOc3ccccc32)cc1. The van der Waals surface area contributed by atoms with E-state index in [1.807, 2.05) is 24.3 Å². The molecule has 9 nitrogen and oxygen atoms in total. The second kappa shape index (κ2) is 8.95. The van der Waals surface area contributed by atoms with E-state index in [1.54, 1.807) is 31.3 Å². The van der Waals surface area contributed by atoms with Gasteiger partial charge in [0.15, 0.2) is 0 Å². The van der Waals surface area contributed by atoms with Crippen molar-refractivity contribution in [2.24, 2.45) is 7.05 Å². The number of benzene rings is 2. The number of fused-ring (bicyclic) bond motifs is 1. The number of amides is 2. The molecule has 0 bridgehead atoms. The molecule has 10 heteroatoms. The molecular weight excluding hydrogens is 404 g/mol. The third-order valence-electron chi connectivity index (χ3n) is 4.61. The molecule has 3 aromatic rings. The van der Waals surface area contributed by atoms with Gasteiger partial charge in [-0.05, 0) is 40.8 Å². The van der Waals surface area contributed by atoms with Crippen LogP contribution in [0.5, 0.6) is 5.75 Å². The maximum Gasteiger partial charge on any atom is 0.251 e. The zero-order valence-electron chi connectivity index (χ0n) is 16.2. The van der Waals surface area contributed by atoms with E-state index in [4.69, 9.17) is 4.74 Å². The number of aromatic nitrogens is 4. The van der Waals surface area contributed by atoms with Crippen molar-refractivity contribution in [2.75, 3.05) is 17.7 Å². The number of hydrogen-bond donors (Lipinski definition) is 2. The summed E-state index contributed by atoms with van der Waals surface area (Å²) in [5.74, 6) is 0.639. The number of para-hydroxylation sites is 1. The third-order valence-corrected chi connectivity index (χ3v) is 5.62. The number of nitrogens with one attached hydrogen (secondary N) is 2. The first-order valence-corrected chi connectivity index (χ1v) is 10.4. The standard InChI is InChI=1S/C20H20N6O3S/c1-26-20(23-24-25-26)30-12-18(27)21-14-8-6-13(7-9-14)19(28)22-16-10-11-29-17-5-3-2-4-15(16)17/h2-9,16H,10-12H2,1H3,(H,21,27)(H,22,28)/t16-/m0/s1. The summed E-state index contributed by atoms with van der Waals surface area (Å²) in [5.41, 5.74) is 2.12. The molecule has 1 aliphatic rings. The van der Waals surface area contributed by atoms with Gasteiger partial charge in [0.25, 0.3) is 5.91 Å². The molecule has 0 fully saturated rings. The Morgan fingerprint density at radius 1 is 1.20 bits per heavy atom. The highest BCUT2D eigenvalue weighted by Crippen LogP contribution is 2.31. The fourth-order valence-corrected chi connectivity index (χ4v) is 3.76. The van der Waals surface area contributed by atoms with Crippen LogP contribution in [0, 0.1) is 0 Å². The van der Waals surface area contributed by atoms with Gasteiger partial charge in [-0.2, -0.15) is 0 Å². The molecule has 0 unspecified atom stereocenters. The first-order chi connectivity index (χ1) is 14.6. The quantitative estimate of drug-likeness (QED) is 0.584. The number of tetrazole rings is 1. The van der Waals surface area contributed by atoms with Crippen LogP contribution in [0.4, 0.5) is 5.69 Å². The highest BCUT2D eigenvalue weighted by Gasteiger charge is 2.23. The number of ether oxygens (including phenoxy) is 1. The van der Waals surface area contributed by atoms with Crippen molar-refractivity contribution in [3.05, 3.63) is 59.7 Å². The Morgan fingerprint density at radius 3 is 2.77 bits per heavy atom. The summed E-state index contributed by atoms with van der Waals surface area (Å²) in [5, 5.41) is 17.5. The number of carbonyl (C=O) groups is 2. The fourth-order valence-electron chi connectivity index (χ4n) is 3.11. The number of carbonyl (C=O) groups excluding carboxylic acids is 2. The molecule has 2 N–H and O–H groups in total. The molecule has 1 aliphatic heterocycles. The van der Waals surface area contributed by atoms with E-state index in [9.17, 15) is 9.59 Å². The van der Waals surface area contributed by atoms with E-state index in [1.165, 1.54) is 16.4 Å². The summed E-state index contributed by atoms with van der Waals surface area (Å²) in [6, 6.07) is 14.4. The highest BCUT2D eigenvalue weighted by molar-refractivity contribution is 7.99. The predicted molar refractivity (Wildman–Crippen MR) is 111 cm³/mol. The molecule has 0 aliphatic carbocycles. The van der Waals surface area contributed by atoms with E-state index in [-0.39, 0.29) is 23.6 Å². The molecule has 1 aromatic heterocycles. The molecule has 2 aromatic carbocycles. The number of anilines is 1. The van der Waals surface area contributed by atoms with Gasteiger partial charge in [0.1, 0.15) is 5.75 Å². The monoisotopic (exact) mass is 424 g/mol. The van der Waals surface area contributed by atoms with Crippen molar-refractivity contribution < 1.29 is 14.3 Å². The van der Waals surface area contributed by atoms with Gasteiger partial charge in [-0.15, -0.1) is 5.10 Å². The number of aryl methyl sites for hydroxylation is 1. The van der Waals surface area contributed by atoms with Crippen LogP contribution in [0.15, 0.2) is 53.7 Å². The summed E-state index contributed by atoms with van der Waals surface area (Å²) in [6.45, 7) is 0.565. The van der Waals surface area contributed by atoms with Crippen LogP contribution in [0.25, 0.3) is 0 Å². The van der Waals surface area contributed by atoms with Crippen LogP contribution in [-0.2, 0) is 11.8 Å². The van der Waals surface area contributed by atoms with Gasteiger partial charge < -0.3 is 15.4 Å². The molecule has 4 rings (SSSR count). The first-order valence-electron chi connectivity index (χ1n) is 9.38. The van der Waals surface area contributed by atoms with Crippen molar-refractivity contribution in [2.45, 2.75) is 17.6 Å². The van der Waals surface area contributed by atoms with Crippen molar-refractivity contribution in [1.82, 2.24) is 25.5 Å². The van der Waals surface area contributed by atoms with Crippen molar-refractivity contribution >= 4 is 29.3 Å². The van der Waals surface area contributed by atoms with Crippen LogP contribution < -0.4 is 15.4 Å². The van der Waals surface area contributed by atoms with Crippen LogP contribution in [0.2, 0.25) is 0 Å². The second-order valence-electron chi connectivity index (χ2n) is 6.70. The second-order valence-corrected chi connectivity index (χ2v) is 7.64. The largest absolute Gasteiger partial charge is 0.493 e. The molecule has 30 heavy (non-hydrogen) atoms. The van der Waals surface area contributed by atoms with Gasteiger partial charge in [0.05, 0.1) is 18.4 Å². The summed E-state index contributed by atoms with van der Waals surface area (Å²) in [6.07, 6.45) is 0.718. The van der Waals surface area contributed by atoms with E-state index in [2.05, 4.69) is 26.2 Å². The Kier molecular flexibility index (Phi) is 5.94. The minimum Gasteiger partial charge on any atom is -0.493 e. The van der Waals surface area contributed by atoms with E-state index in [0.717, 1.165) is 17.7 Å². The lowest BCUT2D eigenvalue weighted by atomic mass is 10.00. The molecule has 154 valence electrons. The van der Waals surface area contributed by atoms with Gasteiger partial charge in [0, 0.05) is 30.3 Å². The average molecular weight is 424 g/mol. The van der Waals surface area contributed by atoms with Crippen molar-refractivity contribution in [3.63, 3.8) is 0 Å². The first kappa shape index (κ1) is 19.9.